The van der Waals surface area contributed by atoms with Crippen LogP contribution in [0.4, 0.5) is 0 Å². The minimum Gasteiger partial charge on any atom is -0.462 e. The van der Waals surface area contributed by atoms with E-state index in [9.17, 15) is 14.7 Å². The highest BCUT2D eigenvalue weighted by atomic mass is 16.6. The molecule has 0 heterocycles. The maximum Gasteiger partial charge on any atom is 0.306 e. The number of allylic oxidation sites excluding steroid dienone is 24. The van der Waals surface area contributed by atoms with Crippen molar-refractivity contribution >= 4 is 11.9 Å². The van der Waals surface area contributed by atoms with Gasteiger partial charge in [-0.05, 0) is 116 Å². The van der Waals surface area contributed by atoms with Crippen molar-refractivity contribution in [1.82, 2.24) is 0 Å². The van der Waals surface area contributed by atoms with Crippen LogP contribution >= 0.6 is 0 Å². The Hall–Kier alpha value is -4.22. The molecule has 5 heteroatoms. The summed E-state index contributed by atoms with van der Waals surface area (Å²) in [7, 11) is 0. The van der Waals surface area contributed by atoms with E-state index in [0.29, 0.717) is 12.8 Å². The first-order chi connectivity index (χ1) is 38.6. The summed E-state index contributed by atoms with van der Waals surface area (Å²) in [6, 6.07) is 0. The standard InChI is InChI=1S/C73H120O5/c1-3-5-7-9-11-13-15-17-19-21-23-25-27-28-29-30-31-32-33-34-35-36-37-38-39-40-41-42-43-44-46-48-50-52-54-56-58-60-62-64-66-68-73(76)78-71(69-74)70-77-72(75)67-65-63-61-59-57-55-53-51-49-47-45-26-24-22-20-18-16-14-12-10-8-6-4-2/h5-8,11-14,17-20,23-26,28-29,31-32,47,49,53,55,71,74H,3-4,9-10,15-16,21-22,27,30,33-46,48,50-52,54,56-70H2,1-2H3/b7-5-,8-6-,13-11-,14-12-,19-17-,20-18-,25-23-,26-24-,29-28-,32-31-,49-47-,55-53-. The van der Waals surface area contributed by atoms with Gasteiger partial charge in [0.25, 0.3) is 0 Å². The topological polar surface area (TPSA) is 72.8 Å². The van der Waals surface area contributed by atoms with Crippen molar-refractivity contribution in [3.05, 3.63) is 146 Å². The molecule has 0 fully saturated rings. The van der Waals surface area contributed by atoms with Crippen molar-refractivity contribution < 1.29 is 24.2 Å². The summed E-state index contributed by atoms with van der Waals surface area (Å²) < 4.78 is 10.7. The van der Waals surface area contributed by atoms with E-state index in [1.165, 1.54) is 128 Å². The van der Waals surface area contributed by atoms with Crippen molar-refractivity contribution in [2.75, 3.05) is 13.2 Å². The van der Waals surface area contributed by atoms with Gasteiger partial charge >= 0.3 is 11.9 Å². The van der Waals surface area contributed by atoms with Gasteiger partial charge in [0.1, 0.15) is 6.61 Å². The number of ether oxygens (including phenoxy) is 2. The van der Waals surface area contributed by atoms with Crippen molar-refractivity contribution in [1.29, 1.82) is 0 Å². The van der Waals surface area contributed by atoms with Crippen molar-refractivity contribution in [2.45, 2.75) is 290 Å². The molecule has 0 aromatic heterocycles. The molecule has 0 aliphatic rings. The molecule has 1 atom stereocenters. The molecule has 5 nitrogen and oxygen atoms in total. The maximum atomic E-state index is 12.3. The van der Waals surface area contributed by atoms with E-state index in [1.807, 2.05) is 0 Å². The monoisotopic (exact) mass is 1080 g/mol. The Morgan fingerprint density at radius 1 is 0.295 bits per heavy atom. The Morgan fingerprint density at radius 2 is 0.513 bits per heavy atom. The highest BCUT2D eigenvalue weighted by molar-refractivity contribution is 5.70. The van der Waals surface area contributed by atoms with Crippen LogP contribution in [-0.2, 0) is 19.1 Å². The van der Waals surface area contributed by atoms with Gasteiger partial charge in [-0.15, -0.1) is 0 Å². The molecule has 0 spiro atoms. The van der Waals surface area contributed by atoms with E-state index in [-0.39, 0.29) is 25.2 Å². The molecule has 78 heavy (non-hydrogen) atoms. The zero-order valence-electron chi connectivity index (χ0n) is 50.6. The van der Waals surface area contributed by atoms with Gasteiger partial charge in [-0.3, -0.25) is 9.59 Å². The fraction of sp³-hybridized carbons (Fsp3) is 0.644. The predicted octanol–water partition coefficient (Wildman–Crippen LogP) is 22.5. The highest BCUT2D eigenvalue weighted by Crippen LogP contribution is 2.17. The number of aliphatic hydroxyl groups excluding tert-OH is 1. The molecule has 0 aliphatic heterocycles. The molecule has 0 saturated heterocycles. The predicted molar refractivity (Wildman–Crippen MR) is 343 cm³/mol. The fourth-order valence-corrected chi connectivity index (χ4v) is 8.86. The minimum absolute atomic E-state index is 0.0845. The van der Waals surface area contributed by atoms with Gasteiger partial charge in [0.15, 0.2) is 6.10 Å². The molecule has 0 bridgehead atoms. The number of rotatable bonds is 58. The zero-order valence-corrected chi connectivity index (χ0v) is 50.6. The summed E-state index contributed by atoms with van der Waals surface area (Å²) in [6.07, 6.45) is 101. The van der Waals surface area contributed by atoms with Gasteiger partial charge in [-0.1, -0.05) is 301 Å². The number of unbranched alkanes of at least 4 members (excludes halogenated alkanes) is 26. The zero-order chi connectivity index (χ0) is 56.2. The normalized spacial score (nSPS) is 13.2. The van der Waals surface area contributed by atoms with E-state index >= 15 is 0 Å². The van der Waals surface area contributed by atoms with E-state index in [2.05, 4.69) is 160 Å². The number of hydrogen-bond acceptors (Lipinski definition) is 5. The molecule has 1 N–H and O–H groups in total. The summed E-state index contributed by atoms with van der Waals surface area (Å²) in [4.78, 5) is 24.6. The van der Waals surface area contributed by atoms with E-state index in [4.69, 9.17) is 9.47 Å². The molecular weight excluding hydrogens is 957 g/mol. The Labute approximate surface area is 482 Å². The number of esters is 2. The van der Waals surface area contributed by atoms with Gasteiger partial charge in [-0.2, -0.15) is 0 Å². The van der Waals surface area contributed by atoms with E-state index in [0.717, 1.165) is 128 Å². The fourth-order valence-electron chi connectivity index (χ4n) is 8.86. The van der Waals surface area contributed by atoms with Crippen LogP contribution in [0.5, 0.6) is 0 Å². The number of hydrogen-bond donors (Lipinski definition) is 1. The molecule has 0 aromatic carbocycles. The minimum atomic E-state index is -0.792. The summed E-state index contributed by atoms with van der Waals surface area (Å²) in [6.45, 7) is 3.90. The van der Waals surface area contributed by atoms with Crippen LogP contribution in [0.3, 0.4) is 0 Å². The highest BCUT2D eigenvalue weighted by Gasteiger charge is 2.16. The quantitative estimate of drug-likeness (QED) is 0.0373. The largest absolute Gasteiger partial charge is 0.462 e. The molecule has 0 saturated carbocycles. The number of carbonyl (C=O) groups is 2. The Kier molecular flexibility index (Phi) is 63.4. The Bertz CT molecular complexity index is 1650. The summed E-state index contributed by atoms with van der Waals surface area (Å²) in [5, 5.41) is 9.68. The van der Waals surface area contributed by atoms with Gasteiger partial charge in [-0.25, -0.2) is 0 Å². The van der Waals surface area contributed by atoms with Crippen LogP contribution in [0.2, 0.25) is 0 Å². The second-order valence-electron chi connectivity index (χ2n) is 21.1. The second-order valence-corrected chi connectivity index (χ2v) is 21.1. The molecule has 0 aliphatic carbocycles. The van der Waals surface area contributed by atoms with E-state index in [1.54, 1.807) is 0 Å². The summed E-state index contributed by atoms with van der Waals surface area (Å²) >= 11 is 0. The molecule has 0 aromatic rings. The third-order valence-electron chi connectivity index (χ3n) is 13.6. The molecular formula is C73H120O5. The lowest BCUT2D eigenvalue weighted by atomic mass is 10.0. The van der Waals surface area contributed by atoms with E-state index < -0.39 is 6.10 Å². The SMILES string of the molecule is CC/C=C\C/C=C\C/C=C\C/C=C\C/C=C\C/C=C\CCCCCCCCCCCCCCCCCCCCCCCCC(=O)OC(CO)COC(=O)CCCCCC/C=C\C/C=C\C/C=C\C/C=C\C/C=C\C/C=C\CC. The molecule has 0 radical (unpaired) electrons. The molecule has 1 unspecified atom stereocenters. The third kappa shape index (κ3) is 64.3. The van der Waals surface area contributed by atoms with Gasteiger partial charge < -0.3 is 14.6 Å². The number of carbonyl (C=O) groups excluding carboxylic acids is 2. The van der Waals surface area contributed by atoms with Crippen LogP contribution in [-0.4, -0.2) is 36.4 Å². The smallest absolute Gasteiger partial charge is 0.306 e. The molecule has 442 valence electrons. The third-order valence-corrected chi connectivity index (χ3v) is 13.6. The summed E-state index contributed by atoms with van der Waals surface area (Å²) in [5.74, 6) is -0.619. The van der Waals surface area contributed by atoms with Gasteiger partial charge in [0.05, 0.1) is 6.61 Å². The first-order valence-electron chi connectivity index (χ1n) is 32.4. The average Bonchev–Trinajstić information content (AvgIpc) is 3.44. The first kappa shape index (κ1) is 73.8. The van der Waals surface area contributed by atoms with Crippen LogP contribution in [0.1, 0.15) is 284 Å². The average molecular weight is 1080 g/mol. The summed E-state index contributed by atoms with van der Waals surface area (Å²) in [5.41, 5.74) is 0. The number of aliphatic hydroxyl groups is 1. The van der Waals surface area contributed by atoms with Crippen LogP contribution < -0.4 is 0 Å². The second kappa shape index (κ2) is 67.1. The van der Waals surface area contributed by atoms with Gasteiger partial charge in [0.2, 0.25) is 0 Å². The van der Waals surface area contributed by atoms with Crippen molar-refractivity contribution in [3.8, 4) is 0 Å². The Balaban J connectivity index is 3.49. The van der Waals surface area contributed by atoms with Crippen LogP contribution in [0.15, 0.2) is 146 Å². The van der Waals surface area contributed by atoms with Crippen molar-refractivity contribution in [3.63, 3.8) is 0 Å². The maximum absolute atomic E-state index is 12.3. The lowest BCUT2D eigenvalue weighted by Gasteiger charge is -2.15. The Morgan fingerprint density at radius 3 is 0.769 bits per heavy atom. The molecule has 0 amide bonds. The lowest BCUT2D eigenvalue weighted by molar-refractivity contribution is -0.161. The van der Waals surface area contributed by atoms with Gasteiger partial charge in [0, 0.05) is 12.8 Å². The van der Waals surface area contributed by atoms with Crippen LogP contribution in [0.25, 0.3) is 0 Å². The lowest BCUT2D eigenvalue weighted by Crippen LogP contribution is -2.28. The van der Waals surface area contributed by atoms with Crippen molar-refractivity contribution in [2.24, 2.45) is 0 Å². The van der Waals surface area contributed by atoms with Crippen LogP contribution in [0, 0.1) is 0 Å². The molecule has 0 rings (SSSR count). The first-order valence-corrected chi connectivity index (χ1v) is 32.4.